The molecule has 0 atom stereocenters. The van der Waals surface area contributed by atoms with Crippen LogP contribution < -0.4 is 5.73 Å². The van der Waals surface area contributed by atoms with Gasteiger partial charge in [-0.2, -0.15) is 0 Å². The third kappa shape index (κ3) is 3.54. The van der Waals surface area contributed by atoms with E-state index in [1.54, 1.807) is 18.2 Å². The highest BCUT2D eigenvalue weighted by atomic mass is 79.9. The molecule has 1 amide bonds. The summed E-state index contributed by atoms with van der Waals surface area (Å²) in [5.41, 5.74) is 6.61. The standard InChI is InChI=1S/C15H20BrClN2O/c1-2-19(12-6-4-11(18)5-7-12)15(20)13-8-3-10(17)9-14(13)16/h3,8-9,11-12H,2,4-7,18H2,1H3. The Hall–Kier alpha value is -0.580. The monoisotopic (exact) mass is 358 g/mol. The molecule has 5 heteroatoms. The maximum absolute atomic E-state index is 12.7. The summed E-state index contributed by atoms with van der Waals surface area (Å²) in [5.74, 6) is 0.0662. The Morgan fingerprint density at radius 3 is 2.60 bits per heavy atom. The van der Waals surface area contributed by atoms with Gasteiger partial charge >= 0.3 is 0 Å². The predicted molar refractivity (Wildman–Crippen MR) is 86.1 cm³/mol. The Labute approximate surface area is 133 Å². The Morgan fingerprint density at radius 1 is 1.40 bits per heavy atom. The second-order valence-electron chi connectivity index (χ2n) is 5.28. The van der Waals surface area contributed by atoms with E-state index in [0.717, 1.165) is 30.2 Å². The molecule has 0 aliphatic heterocycles. The number of halogens is 2. The molecule has 1 aliphatic carbocycles. The Balaban J connectivity index is 2.16. The third-order valence-electron chi connectivity index (χ3n) is 3.95. The number of nitrogens with two attached hydrogens (primary N) is 1. The summed E-state index contributed by atoms with van der Waals surface area (Å²) < 4.78 is 0.751. The average molecular weight is 360 g/mol. The van der Waals surface area contributed by atoms with Gasteiger partial charge < -0.3 is 10.6 Å². The van der Waals surface area contributed by atoms with E-state index in [0.29, 0.717) is 29.2 Å². The van der Waals surface area contributed by atoms with Crippen LogP contribution in [0.15, 0.2) is 22.7 Å². The van der Waals surface area contributed by atoms with Crippen LogP contribution in [-0.4, -0.2) is 29.4 Å². The van der Waals surface area contributed by atoms with Gasteiger partial charge in [0.15, 0.2) is 0 Å². The fourth-order valence-electron chi connectivity index (χ4n) is 2.80. The summed E-state index contributed by atoms with van der Waals surface area (Å²) >= 11 is 9.36. The van der Waals surface area contributed by atoms with Crippen molar-refractivity contribution in [3.05, 3.63) is 33.3 Å². The minimum Gasteiger partial charge on any atom is -0.336 e. The number of carbonyl (C=O) groups excluding carboxylic acids is 1. The van der Waals surface area contributed by atoms with Gasteiger partial charge in [-0.3, -0.25) is 4.79 Å². The Morgan fingerprint density at radius 2 is 2.05 bits per heavy atom. The molecule has 0 bridgehead atoms. The molecule has 1 aromatic carbocycles. The van der Waals surface area contributed by atoms with Crippen molar-refractivity contribution < 1.29 is 4.79 Å². The average Bonchev–Trinajstić information content (AvgIpc) is 2.41. The van der Waals surface area contributed by atoms with Crippen molar-refractivity contribution in [2.75, 3.05) is 6.54 Å². The molecule has 0 aromatic heterocycles. The van der Waals surface area contributed by atoms with E-state index in [-0.39, 0.29) is 5.91 Å². The van der Waals surface area contributed by atoms with Crippen LogP contribution in [0.25, 0.3) is 0 Å². The van der Waals surface area contributed by atoms with Crippen molar-refractivity contribution in [3.8, 4) is 0 Å². The van der Waals surface area contributed by atoms with E-state index < -0.39 is 0 Å². The highest BCUT2D eigenvalue weighted by Crippen LogP contribution is 2.27. The van der Waals surface area contributed by atoms with Crippen LogP contribution in [0.3, 0.4) is 0 Å². The molecule has 1 fully saturated rings. The molecular formula is C15H20BrClN2O. The Bertz CT molecular complexity index is 487. The summed E-state index contributed by atoms with van der Waals surface area (Å²) in [7, 11) is 0. The SMILES string of the molecule is CCN(C(=O)c1ccc(Cl)cc1Br)C1CCC(N)CC1. The van der Waals surface area contributed by atoms with Gasteiger partial charge in [-0.05, 0) is 66.7 Å². The fraction of sp³-hybridized carbons (Fsp3) is 0.533. The highest BCUT2D eigenvalue weighted by molar-refractivity contribution is 9.10. The highest BCUT2D eigenvalue weighted by Gasteiger charge is 2.28. The van der Waals surface area contributed by atoms with Gasteiger partial charge in [0.2, 0.25) is 0 Å². The van der Waals surface area contributed by atoms with Crippen molar-refractivity contribution in [3.63, 3.8) is 0 Å². The van der Waals surface area contributed by atoms with E-state index in [1.807, 2.05) is 11.8 Å². The van der Waals surface area contributed by atoms with Gasteiger partial charge in [-0.1, -0.05) is 11.6 Å². The lowest BCUT2D eigenvalue weighted by atomic mass is 9.90. The summed E-state index contributed by atoms with van der Waals surface area (Å²) in [5, 5.41) is 0.625. The normalized spacial score (nSPS) is 22.6. The zero-order valence-corrected chi connectivity index (χ0v) is 14.0. The largest absolute Gasteiger partial charge is 0.336 e. The van der Waals surface area contributed by atoms with Crippen LogP contribution in [-0.2, 0) is 0 Å². The van der Waals surface area contributed by atoms with E-state index in [2.05, 4.69) is 15.9 Å². The zero-order valence-electron chi connectivity index (χ0n) is 11.6. The number of rotatable bonds is 3. The van der Waals surface area contributed by atoms with Crippen LogP contribution >= 0.6 is 27.5 Å². The number of nitrogens with zero attached hydrogens (tertiary/aromatic N) is 1. The minimum atomic E-state index is 0.0662. The third-order valence-corrected chi connectivity index (χ3v) is 4.84. The lowest BCUT2D eigenvalue weighted by Crippen LogP contribution is -2.44. The molecule has 3 nitrogen and oxygen atoms in total. The summed E-state index contributed by atoms with van der Waals surface area (Å²) in [6.07, 6.45) is 3.98. The number of hydrogen-bond acceptors (Lipinski definition) is 2. The summed E-state index contributed by atoms with van der Waals surface area (Å²) in [6, 6.07) is 5.90. The topological polar surface area (TPSA) is 46.3 Å². The van der Waals surface area contributed by atoms with Crippen LogP contribution in [0.1, 0.15) is 43.0 Å². The molecule has 20 heavy (non-hydrogen) atoms. The molecule has 0 spiro atoms. The van der Waals surface area contributed by atoms with Crippen molar-refractivity contribution in [1.82, 2.24) is 4.90 Å². The predicted octanol–water partition coefficient (Wildman–Crippen LogP) is 3.83. The number of hydrogen-bond donors (Lipinski definition) is 1. The zero-order chi connectivity index (χ0) is 14.7. The Kier molecular flexibility index (Phi) is 5.47. The molecule has 0 unspecified atom stereocenters. The maximum atomic E-state index is 12.7. The summed E-state index contributed by atoms with van der Waals surface area (Å²) in [6.45, 7) is 2.74. The molecule has 0 saturated heterocycles. The molecule has 1 aliphatic rings. The van der Waals surface area contributed by atoms with Gasteiger partial charge in [0.25, 0.3) is 5.91 Å². The van der Waals surface area contributed by atoms with Crippen LogP contribution in [0.2, 0.25) is 5.02 Å². The molecular weight excluding hydrogens is 340 g/mol. The first-order valence-corrected chi connectivity index (χ1v) is 8.21. The van der Waals surface area contributed by atoms with E-state index in [1.165, 1.54) is 0 Å². The van der Waals surface area contributed by atoms with E-state index in [4.69, 9.17) is 17.3 Å². The molecule has 2 N–H and O–H groups in total. The van der Waals surface area contributed by atoms with Crippen molar-refractivity contribution in [2.45, 2.75) is 44.7 Å². The smallest absolute Gasteiger partial charge is 0.255 e. The first kappa shape index (κ1) is 15.8. The molecule has 110 valence electrons. The number of carbonyl (C=O) groups is 1. The number of amides is 1. The second kappa shape index (κ2) is 6.92. The minimum absolute atomic E-state index is 0.0662. The van der Waals surface area contributed by atoms with Gasteiger partial charge in [-0.15, -0.1) is 0 Å². The molecule has 1 saturated carbocycles. The maximum Gasteiger partial charge on any atom is 0.255 e. The lowest BCUT2D eigenvalue weighted by molar-refractivity contribution is 0.0640. The van der Waals surface area contributed by atoms with Crippen LogP contribution in [0, 0.1) is 0 Å². The van der Waals surface area contributed by atoms with Crippen LogP contribution in [0.4, 0.5) is 0 Å². The quantitative estimate of drug-likeness (QED) is 0.891. The molecule has 1 aromatic rings. The van der Waals surface area contributed by atoms with Gasteiger partial charge in [0.05, 0.1) is 5.56 Å². The molecule has 0 radical (unpaired) electrons. The molecule has 0 heterocycles. The number of benzene rings is 1. The summed E-state index contributed by atoms with van der Waals surface area (Å²) in [4.78, 5) is 14.7. The molecule has 2 rings (SSSR count). The van der Waals surface area contributed by atoms with Crippen molar-refractivity contribution >= 4 is 33.4 Å². The van der Waals surface area contributed by atoms with Gasteiger partial charge in [0, 0.05) is 28.1 Å². The van der Waals surface area contributed by atoms with Gasteiger partial charge in [-0.25, -0.2) is 0 Å². The first-order chi connectivity index (χ1) is 9.52. The van der Waals surface area contributed by atoms with Crippen molar-refractivity contribution in [1.29, 1.82) is 0 Å². The lowest BCUT2D eigenvalue weighted by Gasteiger charge is -2.35. The fourth-order valence-corrected chi connectivity index (χ4v) is 3.65. The second-order valence-corrected chi connectivity index (χ2v) is 6.57. The van der Waals surface area contributed by atoms with Gasteiger partial charge in [0.1, 0.15) is 0 Å². The van der Waals surface area contributed by atoms with Crippen molar-refractivity contribution in [2.24, 2.45) is 5.73 Å². The van der Waals surface area contributed by atoms with E-state index >= 15 is 0 Å². The van der Waals surface area contributed by atoms with E-state index in [9.17, 15) is 4.79 Å². The van der Waals surface area contributed by atoms with Crippen LogP contribution in [0.5, 0.6) is 0 Å². The first-order valence-electron chi connectivity index (χ1n) is 7.04.